The lowest BCUT2D eigenvalue weighted by Gasteiger charge is -2.08. The molecule has 0 saturated heterocycles. The average Bonchev–Trinajstić information content (AvgIpc) is 3.08. The molecule has 0 amide bonds. The molecule has 0 bridgehead atoms. The molecule has 0 N–H and O–H groups in total. The van der Waals surface area contributed by atoms with Crippen molar-refractivity contribution in [2.75, 3.05) is 0 Å². The van der Waals surface area contributed by atoms with Crippen LogP contribution in [-0.2, 0) is 24.7 Å². The lowest BCUT2D eigenvalue weighted by atomic mass is 9.99. The quantitative estimate of drug-likeness (QED) is 0.604. The van der Waals surface area contributed by atoms with Gasteiger partial charge in [-0.05, 0) is 23.5 Å². The Bertz CT molecular complexity index is 1020. The van der Waals surface area contributed by atoms with Crippen molar-refractivity contribution in [3.05, 3.63) is 76.0 Å². The van der Waals surface area contributed by atoms with E-state index < -0.39 is 0 Å². The zero-order valence-electron chi connectivity index (χ0n) is 16.6. The molecular formula is C22H26N4O2. The number of carbonyl (C=O) groups is 1. The van der Waals surface area contributed by atoms with Crippen molar-refractivity contribution in [3.63, 3.8) is 0 Å². The van der Waals surface area contributed by atoms with Gasteiger partial charge in [-0.25, -0.2) is 4.68 Å². The van der Waals surface area contributed by atoms with Crippen molar-refractivity contribution in [1.82, 2.24) is 19.6 Å². The summed E-state index contributed by atoms with van der Waals surface area (Å²) in [4.78, 5) is 24.4. The standard InChI is InChI=1S/C22H26N4O2/c1-16(2)7-8-20(27)12-17-5-4-6-18(11-17)13-21-22(28)9-10-26(24-21)19-14-23-25(3)15-19/h4-6,9-11,14-16H,7-8,12-13H2,1-3H3. The number of Topliss-reactive ketones (excluding diaryl/α,β-unsaturated/α-hetero) is 1. The molecule has 0 aliphatic carbocycles. The van der Waals surface area contributed by atoms with E-state index in [1.54, 1.807) is 21.8 Å². The zero-order chi connectivity index (χ0) is 20.1. The van der Waals surface area contributed by atoms with Crippen LogP contribution >= 0.6 is 0 Å². The number of hydrogen-bond acceptors (Lipinski definition) is 4. The number of carbonyl (C=O) groups excluding carboxylic acids is 1. The van der Waals surface area contributed by atoms with Crippen molar-refractivity contribution in [3.8, 4) is 5.69 Å². The number of ketones is 1. The van der Waals surface area contributed by atoms with E-state index in [1.165, 1.54) is 6.07 Å². The molecule has 146 valence electrons. The van der Waals surface area contributed by atoms with Crippen LogP contribution in [0.25, 0.3) is 5.69 Å². The van der Waals surface area contributed by atoms with Gasteiger partial charge in [0.25, 0.3) is 0 Å². The maximum atomic E-state index is 12.3. The molecule has 28 heavy (non-hydrogen) atoms. The van der Waals surface area contributed by atoms with Gasteiger partial charge in [-0.1, -0.05) is 38.1 Å². The van der Waals surface area contributed by atoms with E-state index >= 15 is 0 Å². The van der Waals surface area contributed by atoms with E-state index in [1.807, 2.05) is 37.5 Å². The normalized spacial score (nSPS) is 11.1. The van der Waals surface area contributed by atoms with Crippen LogP contribution in [0.5, 0.6) is 0 Å². The van der Waals surface area contributed by atoms with E-state index in [9.17, 15) is 9.59 Å². The van der Waals surface area contributed by atoms with Crippen LogP contribution in [-0.4, -0.2) is 25.3 Å². The van der Waals surface area contributed by atoms with Crippen molar-refractivity contribution in [2.45, 2.75) is 39.5 Å². The van der Waals surface area contributed by atoms with Gasteiger partial charge in [-0.3, -0.25) is 14.3 Å². The van der Waals surface area contributed by atoms with Gasteiger partial charge in [0.2, 0.25) is 5.43 Å². The third kappa shape index (κ3) is 5.25. The molecule has 0 unspecified atom stereocenters. The highest BCUT2D eigenvalue weighted by Crippen LogP contribution is 2.12. The van der Waals surface area contributed by atoms with Crippen molar-refractivity contribution < 1.29 is 4.79 Å². The van der Waals surface area contributed by atoms with E-state index in [2.05, 4.69) is 24.0 Å². The monoisotopic (exact) mass is 378 g/mol. The minimum Gasteiger partial charge on any atom is -0.299 e. The number of aromatic nitrogens is 4. The van der Waals surface area contributed by atoms with Gasteiger partial charge in [0, 0.05) is 38.6 Å². The fourth-order valence-electron chi connectivity index (χ4n) is 3.05. The van der Waals surface area contributed by atoms with Crippen LogP contribution in [0.4, 0.5) is 0 Å². The Kier molecular flexibility index (Phi) is 6.19. The van der Waals surface area contributed by atoms with Crippen LogP contribution in [0.15, 0.2) is 53.7 Å². The van der Waals surface area contributed by atoms with Crippen molar-refractivity contribution in [1.29, 1.82) is 0 Å². The Hall–Kier alpha value is -3.02. The highest BCUT2D eigenvalue weighted by Gasteiger charge is 2.09. The van der Waals surface area contributed by atoms with Crippen LogP contribution in [0.2, 0.25) is 0 Å². The van der Waals surface area contributed by atoms with E-state index in [4.69, 9.17) is 0 Å². The van der Waals surface area contributed by atoms with E-state index in [0.717, 1.165) is 23.2 Å². The van der Waals surface area contributed by atoms with E-state index in [-0.39, 0.29) is 11.2 Å². The van der Waals surface area contributed by atoms with Gasteiger partial charge in [-0.15, -0.1) is 0 Å². The second-order valence-electron chi connectivity index (χ2n) is 7.59. The smallest absolute Gasteiger partial charge is 0.203 e. The van der Waals surface area contributed by atoms with Gasteiger partial charge in [0.05, 0.1) is 12.4 Å². The predicted molar refractivity (Wildman–Crippen MR) is 109 cm³/mol. The Morgan fingerprint density at radius 3 is 2.68 bits per heavy atom. The molecular weight excluding hydrogens is 352 g/mol. The molecule has 6 heteroatoms. The third-order valence-corrected chi connectivity index (χ3v) is 4.60. The third-order valence-electron chi connectivity index (χ3n) is 4.60. The molecule has 1 aromatic carbocycles. The molecule has 0 aliphatic heterocycles. The molecule has 2 heterocycles. The van der Waals surface area contributed by atoms with Crippen LogP contribution < -0.4 is 5.43 Å². The van der Waals surface area contributed by atoms with Crippen molar-refractivity contribution in [2.24, 2.45) is 13.0 Å². The Morgan fingerprint density at radius 1 is 1.18 bits per heavy atom. The van der Waals surface area contributed by atoms with Gasteiger partial charge in [0.15, 0.2) is 0 Å². The molecule has 6 nitrogen and oxygen atoms in total. The fraction of sp³-hybridized carbons (Fsp3) is 0.364. The number of hydrogen-bond donors (Lipinski definition) is 0. The number of benzene rings is 1. The summed E-state index contributed by atoms with van der Waals surface area (Å²) in [6.45, 7) is 4.25. The molecule has 3 aromatic rings. The Labute approximate surface area is 164 Å². The molecule has 0 saturated carbocycles. The molecule has 0 atom stereocenters. The summed E-state index contributed by atoms with van der Waals surface area (Å²) in [5, 5.41) is 8.61. The van der Waals surface area contributed by atoms with E-state index in [0.29, 0.717) is 30.9 Å². The predicted octanol–water partition coefficient (Wildman–Crippen LogP) is 3.10. The van der Waals surface area contributed by atoms with Crippen molar-refractivity contribution >= 4 is 5.78 Å². The molecule has 0 radical (unpaired) electrons. The lowest BCUT2D eigenvalue weighted by Crippen LogP contribution is -2.16. The Balaban J connectivity index is 1.75. The first-order valence-electron chi connectivity index (χ1n) is 9.58. The molecule has 3 rings (SSSR count). The summed E-state index contributed by atoms with van der Waals surface area (Å²) >= 11 is 0. The highest BCUT2D eigenvalue weighted by molar-refractivity contribution is 5.80. The fourth-order valence-corrected chi connectivity index (χ4v) is 3.05. The van der Waals surface area contributed by atoms with Crippen LogP contribution in [0.1, 0.15) is 43.5 Å². The van der Waals surface area contributed by atoms with Crippen LogP contribution in [0, 0.1) is 5.92 Å². The summed E-state index contributed by atoms with van der Waals surface area (Å²) in [5.74, 6) is 0.782. The first kappa shape index (κ1) is 19.7. The SMILES string of the molecule is CC(C)CCC(=O)Cc1cccc(Cc2nn(-c3cnn(C)c3)ccc2=O)c1. The highest BCUT2D eigenvalue weighted by atomic mass is 16.1. The minimum absolute atomic E-state index is 0.0986. The lowest BCUT2D eigenvalue weighted by molar-refractivity contribution is -0.118. The van der Waals surface area contributed by atoms with Gasteiger partial charge >= 0.3 is 0 Å². The minimum atomic E-state index is -0.0986. The molecule has 0 aliphatic rings. The topological polar surface area (TPSA) is 69.8 Å². The van der Waals surface area contributed by atoms with Crippen LogP contribution in [0.3, 0.4) is 0 Å². The molecule has 0 spiro atoms. The maximum Gasteiger partial charge on any atom is 0.203 e. The van der Waals surface area contributed by atoms with Gasteiger partial charge in [0.1, 0.15) is 17.2 Å². The number of aryl methyl sites for hydroxylation is 1. The number of nitrogens with zero attached hydrogens (tertiary/aromatic N) is 4. The summed E-state index contributed by atoms with van der Waals surface area (Å²) in [6.07, 6.45) is 7.57. The second kappa shape index (κ2) is 8.78. The summed E-state index contributed by atoms with van der Waals surface area (Å²) < 4.78 is 3.34. The molecule has 2 aromatic heterocycles. The molecule has 0 fully saturated rings. The summed E-state index contributed by atoms with van der Waals surface area (Å²) in [7, 11) is 1.83. The largest absolute Gasteiger partial charge is 0.299 e. The first-order valence-corrected chi connectivity index (χ1v) is 9.58. The zero-order valence-corrected chi connectivity index (χ0v) is 16.6. The van der Waals surface area contributed by atoms with Gasteiger partial charge in [-0.2, -0.15) is 10.2 Å². The maximum absolute atomic E-state index is 12.3. The average molecular weight is 378 g/mol. The Morgan fingerprint density at radius 2 is 1.96 bits per heavy atom. The van der Waals surface area contributed by atoms with Gasteiger partial charge < -0.3 is 0 Å². The second-order valence-corrected chi connectivity index (χ2v) is 7.59. The summed E-state index contributed by atoms with van der Waals surface area (Å²) in [5.41, 5.74) is 3.12. The number of rotatable bonds is 8. The summed E-state index contributed by atoms with van der Waals surface area (Å²) in [6, 6.07) is 9.38. The first-order chi connectivity index (χ1) is 13.4.